The van der Waals surface area contributed by atoms with Gasteiger partial charge >= 0.3 is 0 Å². The lowest BCUT2D eigenvalue weighted by atomic mass is 10.1. The number of nitrogens with one attached hydrogen (secondary N) is 2. The topological polar surface area (TPSA) is 54.9 Å². The summed E-state index contributed by atoms with van der Waals surface area (Å²) in [5, 5.41) is 7.32. The average Bonchev–Trinajstić information content (AvgIpc) is 2.61. The fourth-order valence-electron chi connectivity index (χ4n) is 2.38. The Morgan fingerprint density at radius 2 is 2.12 bits per heavy atom. The van der Waals surface area contributed by atoms with Crippen LogP contribution < -0.4 is 15.4 Å². The monoisotopic (exact) mass is 351 g/mol. The Kier molecular flexibility index (Phi) is 7.92. The average molecular weight is 352 g/mol. The molecule has 0 aromatic heterocycles. The van der Waals surface area contributed by atoms with Crippen LogP contribution in [0.25, 0.3) is 0 Å². The highest BCUT2D eigenvalue weighted by Gasteiger charge is 2.07. The summed E-state index contributed by atoms with van der Waals surface area (Å²) in [6, 6.07) is 7.38. The van der Waals surface area contributed by atoms with Crippen molar-refractivity contribution >= 4 is 17.6 Å². The van der Waals surface area contributed by atoms with Gasteiger partial charge in [0.2, 0.25) is 0 Å². The molecule has 1 aliphatic rings. The van der Waals surface area contributed by atoms with E-state index >= 15 is 0 Å². The number of guanidine groups is 1. The van der Waals surface area contributed by atoms with Gasteiger partial charge in [0, 0.05) is 18.6 Å². The van der Waals surface area contributed by atoms with Crippen LogP contribution in [0.3, 0.4) is 0 Å². The van der Waals surface area contributed by atoms with E-state index in [0.717, 1.165) is 44.3 Å². The van der Waals surface area contributed by atoms with E-state index in [1.165, 1.54) is 5.57 Å². The second-order valence-corrected chi connectivity index (χ2v) is 6.14. The molecule has 0 amide bonds. The minimum Gasteiger partial charge on any atom is -0.489 e. The number of ether oxygens (including phenoxy) is 2. The third kappa shape index (κ3) is 6.81. The van der Waals surface area contributed by atoms with Gasteiger partial charge in [-0.25, -0.2) is 0 Å². The Balaban J connectivity index is 1.66. The summed E-state index contributed by atoms with van der Waals surface area (Å²) in [4.78, 5) is 4.24. The van der Waals surface area contributed by atoms with Crippen LogP contribution in [-0.2, 0) is 4.74 Å². The Hall–Kier alpha value is -1.72. The summed E-state index contributed by atoms with van der Waals surface area (Å²) in [5.41, 5.74) is 1.45. The van der Waals surface area contributed by atoms with E-state index in [0.29, 0.717) is 11.6 Å². The predicted molar refractivity (Wildman–Crippen MR) is 99.0 cm³/mol. The van der Waals surface area contributed by atoms with Crippen molar-refractivity contribution in [3.05, 3.63) is 40.9 Å². The second kappa shape index (κ2) is 10.2. The molecule has 6 heteroatoms. The Bertz CT molecular complexity index is 558. The van der Waals surface area contributed by atoms with Gasteiger partial charge < -0.3 is 20.1 Å². The van der Waals surface area contributed by atoms with Crippen LogP contribution in [0.4, 0.5) is 0 Å². The van der Waals surface area contributed by atoms with E-state index in [4.69, 9.17) is 21.1 Å². The standard InChI is InChI=1S/C18H26ClN3O2/c1-14(24-17-5-3-16(19)4-6-17)13-22-18(20-2)21-10-7-15-8-11-23-12-9-15/h3-6,8,14H,7,9-13H2,1-2H3,(H2,20,21,22). The van der Waals surface area contributed by atoms with Crippen molar-refractivity contribution in [2.45, 2.75) is 25.9 Å². The number of halogens is 1. The molecule has 0 spiro atoms. The van der Waals surface area contributed by atoms with E-state index in [-0.39, 0.29) is 6.10 Å². The van der Waals surface area contributed by atoms with E-state index in [1.807, 2.05) is 31.2 Å². The molecule has 1 heterocycles. The number of hydrogen-bond donors (Lipinski definition) is 2. The van der Waals surface area contributed by atoms with Gasteiger partial charge in [-0.2, -0.15) is 0 Å². The molecule has 5 nitrogen and oxygen atoms in total. The first-order chi connectivity index (χ1) is 11.7. The molecule has 1 unspecified atom stereocenters. The van der Waals surface area contributed by atoms with Crippen molar-refractivity contribution in [2.75, 3.05) is 33.4 Å². The molecule has 1 aromatic rings. The van der Waals surface area contributed by atoms with Gasteiger partial charge in [0.1, 0.15) is 11.9 Å². The highest BCUT2D eigenvalue weighted by molar-refractivity contribution is 6.30. The van der Waals surface area contributed by atoms with Gasteiger partial charge in [-0.15, -0.1) is 0 Å². The smallest absolute Gasteiger partial charge is 0.191 e. The SMILES string of the molecule is CN=C(NCCC1=CCOCC1)NCC(C)Oc1ccc(Cl)cc1. The van der Waals surface area contributed by atoms with Crippen molar-refractivity contribution in [1.29, 1.82) is 0 Å². The minimum atomic E-state index is 0.0166. The quantitative estimate of drug-likeness (QED) is 0.450. The number of hydrogen-bond acceptors (Lipinski definition) is 3. The fraction of sp³-hybridized carbons (Fsp3) is 0.500. The molecule has 2 rings (SSSR count). The molecular weight excluding hydrogens is 326 g/mol. The number of aliphatic imine (C=N–C) groups is 1. The highest BCUT2D eigenvalue weighted by atomic mass is 35.5. The molecule has 1 atom stereocenters. The zero-order chi connectivity index (χ0) is 17.2. The van der Waals surface area contributed by atoms with Crippen LogP contribution in [0.15, 0.2) is 40.9 Å². The summed E-state index contributed by atoms with van der Waals surface area (Å²) >= 11 is 5.87. The molecular formula is C18H26ClN3O2. The van der Waals surface area contributed by atoms with Crippen LogP contribution in [-0.4, -0.2) is 45.4 Å². The Morgan fingerprint density at radius 3 is 2.79 bits per heavy atom. The summed E-state index contributed by atoms with van der Waals surface area (Å²) in [5.74, 6) is 1.59. The molecule has 1 aromatic carbocycles. The zero-order valence-corrected chi connectivity index (χ0v) is 15.1. The molecule has 0 aliphatic carbocycles. The van der Waals surface area contributed by atoms with Crippen LogP contribution in [0.1, 0.15) is 19.8 Å². The maximum atomic E-state index is 5.87. The van der Waals surface area contributed by atoms with Gasteiger partial charge in [0.05, 0.1) is 19.8 Å². The minimum absolute atomic E-state index is 0.0166. The first-order valence-electron chi connectivity index (χ1n) is 8.30. The predicted octanol–water partition coefficient (Wildman–Crippen LogP) is 3.01. The Labute approximate surface area is 149 Å². The van der Waals surface area contributed by atoms with Crippen LogP contribution >= 0.6 is 11.6 Å². The number of rotatable bonds is 7. The van der Waals surface area contributed by atoms with E-state index < -0.39 is 0 Å². The number of benzene rings is 1. The summed E-state index contributed by atoms with van der Waals surface area (Å²) in [6.07, 6.45) is 4.23. The fourth-order valence-corrected chi connectivity index (χ4v) is 2.51. The molecule has 2 N–H and O–H groups in total. The number of nitrogens with zero attached hydrogens (tertiary/aromatic N) is 1. The second-order valence-electron chi connectivity index (χ2n) is 5.70. The maximum Gasteiger partial charge on any atom is 0.191 e. The molecule has 0 fully saturated rings. The van der Waals surface area contributed by atoms with Crippen LogP contribution in [0, 0.1) is 0 Å². The lowest BCUT2D eigenvalue weighted by Crippen LogP contribution is -2.42. The molecule has 0 saturated carbocycles. The molecule has 0 bridgehead atoms. The normalized spacial score (nSPS) is 16.3. The van der Waals surface area contributed by atoms with Gasteiger partial charge in [-0.1, -0.05) is 23.3 Å². The lowest BCUT2D eigenvalue weighted by molar-refractivity contribution is 0.153. The van der Waals surface area contributed by atoms with Crippen molar-refractivity contribution < 1.29 is 9.47 Å². The zero-order valence-electron chi connectivity index (χ0n) is 14.3. The lowest BCUT2D eigenvalue weighted by Gasteiger charge is -2.18. The van der Waals surface area contributed by atoms with Crippen LogP contribution in [0.5, 0.6) is 5.75 Å². The van der Waals surface area contributed by atoms with Gasteiger partial charge in [0.15, 0.2) is 5.96 Å². The molecule has 132 valence electrons. The summed E-state index contributed by atoms with van der Waals surface area (Å²) in [7, 11) is 1.77. The molecule has 0 radical (unpaired) electrons. The first kappa shape index (κ1) is 18.6. The molecule has 0 saturated heterocycles. The van der Waals surface area contributed by atoms with Crippen molar-refractivity contribution in [2.24, 2.45) is 4.99 Å². The Morgan fingerprint density at radius 1 is 1.33 bits per heavy atom. The summed E-state index contributed by atoms with van der Waals surface area (Å²) in [6.45, 7) is 5.11. The first-order valence-corrected chi connectivity index (χ1v) is 8.67. The van der Waals surface area contributed by atoms with Crippen molar-refractivity contribution in [1.82, 2.24) is 10.6 Å². The van der Waals surface area contributed by atoms with E-state index in [2.05, 4.69) is 21.7 Å². The third-order valence-electron chi connectivity index (χ3n) is 3.73. The molecule has 1 aliphatic heterocycles. The molecule has 24 heavy (non-hydrogen) atoms. The van der Waals surface area contributed by atoms with Crippen molar-refractivity contribution in [3.8, 4) is 5.75 Å². The largest absolute Gasteiger partial charge is 0.489 e. The maximum absolute atomic E-state index is 5.87. The third-order valence-corrected chi connectivity index (χ3v) is 3.98. The van der Waals surface area contributed by atoms with E-state index in [9.17, 15) is 0 Å². The van der Waals surface area contributed by atoms with Crippen LogP contribution in [0.2, 0.25) is 5.02 Å². The van der Waals surface area contributed by atoms with Gasteiger partial charge in [-0.05, 0) is 44.0 Å². The highest BCUT2D eigenvalue weighted by Crippen LogP contribution is 2.16. The van der Waals surface area contributed by atoms with E-state index in [1.54, 1.807) is 7.05 Å². The van der Waals surface area contributed by atoms with Gasteiger partial charge in [-0.3, -0.25) is 4.99 Å². The van der Waals surface area contributed by atoms with Gasteiger partial charge in [0.25, 0.3) is 0 Å². The van der Waals surface area contributed by atoms with Crippen molar-refractivity contribution in [3.63, 3.8) is 0 Å². The summed E-state index contributed by atoms with van der Waals surface area (Å²) < 4.78 is 11.2.